The van der Waals surface area contributed by atoms with E-state index in [4.69, 9.17) is 15.0 Å². The predicted octanol–water partition coefficient (Wildman–Crippen LogP) is 0.944. The summed E-state index contributed by atoms with van der Waals surface area (Å²) in [5, 5.41) is 3.92. The maximum absolute atomic E-state index is 5.52. The molecular weight excluding hydrogens is 182 g/mol. The monoisotopic (exact) mass is 197 g/mol. The average molecular weight is 197 g/mol. The van der Waals surface area contributed by atoms with Gasteiger partial charge < -0.3 is 15.0 Å². The van der Waals surface area contributed by atoms with Crippen molar-refractivity contribution in [3.63, 3.8) is 0 Å². The Morgan fingerprint density at radius 1 is 1.50 bits per heavy atom. The molecular formula is C9H15N3O2. The van der Waals surface area contributed by atoms with E-state index in [1.165, 1.54) is 0 Å². The van der Waals surface area contributed by atoms with Crippen LogP contribution in [0.1, 0.15) is 37.4 Å². The molecule has 0 radical (unpaired) electrons. The van der Waals surface area contributed by atoms with E-state index in [1.54, 1.807) is 7.11 Å². The highest BCUT2D eigenvalue weighted by Gasteiger charge is 2.40. The van der Waals surface area contributed by atoms with Crippen molar-refractivity contribution in [2.24, 2.45) is 5.73 Å². The molecule has 0 unspecified atom stereocenters. The molecule has 1 fully saturated rings. The minimum Gasteiger partial charge on any atom is -0.370 e. The lowest BCUT2D eigenvalue weighted by molar-refractivity contribution is -0.0178. The predicted molar refractivity (Wildman–Crippen MR) is 49.3 cm³/mol. The molecule has 2 rings (SSSR count). The SMILES string of the molecule is COC1(c2noc(CN)n2)CCCC1. The van der Waals surface area contributed by atoms with Crippen LogP contribution in [0.4, 0.5) is 0 Å². The molecule has 1 aromatic heterocycles. The molecule has 2 N–H and O–H groups in total. The molecule has 1 heterocycles. The highest BCUT2D eigenvalue weighted by Crippen LogP contribution is 2.39. The smallest absolute Gasteiger partial charge is 0.240 e. The second-order valence-corrected chi connectivity index (χ2v) is 3.62. The molecule has 1 aromatic rings. The van der Waals surface area contributed by atoms with Crippen LogP contribution in [0.15, 0.2) is 4.52 Å². The molecule has 0 aliphatic heterocycles. The molecule has 0 amide bonds. The zero-order valence-electron chi connectivity index (χ0n) is 8.32. The summed E-state index contributed by atoms with van der Waals surface area (Å²) in [7, 11) is 1.70. The summed E-state index contributed by atoms with van der Waals surface area (Å²) in [6.07, 6.45) is 4.24. The van der Waals surface area contributed by atoms with Gasteiger partial charge in [-0.3, -0.25) is 0 Å². The summed E-state index contributed by atoms with van der Waals surface area (Å²) in [5.41, 5.74) is 5.09. The van der Waals surface area contributed by atoms with Gasteiger partial charge in [-0.05, 0) is 25.7 Å². The highest BCUT2D eigenvalue weighted by atomic mass is 16.5. The lowest BCUT2D eigenvalue weighted by Crippen LogP contribution is -2.26. The van der Waals surface area contributed by atoms with Crippen molar-refractivity contribution in [2.45, 2.75) is 37.8 Å². The summed E-state index contributed by atoms with van der Waals surface area (Å²) in [6, 6.07) is 0. The maximum Gasteiger partial charge on any atom is 0.240 e. The molecule has 0 atom stereocenters. The van der Waals surface area contributed by atoms with Crippen LogP contribution in [0.2, 0.25) is 0 Å². The molecule has 0 aromatic carbocycles. The van der Waals surface area contributed by atoms with E-state index >= 15 is 0 Å². The van der Waals surface area contributed by atoms with Gasteiger partial charge in [0.15, 0.2) is 0 Å². The Hall–Kier alpha value is -0.940. The van der Waals surface area contributed by atoms with Gasteiger partial charge in [-0.1, -0.05) is 5.16 Å². The van der Waals surface area contributed by atoms with E-state index in [0.717, 1.165) is 25.7 Å². The van der Waals surface area contributed by atoms with Crippen LogP contribution >= 0.6 is 0 Å². The molecule has 0 bridgehead atoms. The van der Waals surface area contributed by atoms with Crippen molar-refractivity contribution in [1.82, 2.24) is 10.1 Å². The number of nitrogens with two attached hydrogens (primary N) is 1. The van der Waals surface area contributed by atoms with Crippen LogP contribution in [0.3, 0.4) is 0 Å². The Bertz CT molecular complexity index is 305. The van der Waals surface area contributed by atoms with Crippen LogP contribution in [-0.2, 0) is 16.9 Å². The van der Waals surface area contributed by atoms with Crippen molar-refractivity contribution >= 4 is 0 Å². The topological polar surface area (TPSA) is 74.2 Å². The minimum absolute atomic E-state index is 0.285. The Kier molecular flexibility index (Phi) is 2.52. The van der Waals surface area contributed by atoms with Crippen molar-refractivity contribution in [1.29, 1.82) is 0 Å². The zero-order chi connectivity index (χ0) is 10.0. The van der Waals surface area contributed by atoms with E-state index < -0.39 is 0 Å². The van der Waals surface area contributed by atoms with Crippen molar-refractivity contribution in [3.05, 3.63) is 11.7 Å². The first-order chi connectivity index (χ1) is 6.80. The number of hydrogen-bond donors (Lipinski definition) is 1. The van der Waals surface area contributed by atoms with Gasteiger partial charge in [0.1, 0.15) is 5.60 Å². The summed E-state index contributed by atoms with van der Waals surface area (Å²) in [6.45, 7) is 0.285. The summed E-state index contributed by atoms with van der Waals surface area (Å²) < 4.78 is 10.5. The van der Waals surface area contributed by atoms with E-state index in [2.05, 4.69) is 10.1 Å². The highest BCUT2D eigenvalue weighted by molar-refractivity contribution is 5.04. The van der Waals surface area contributed by atoms with Gasteiger partial charge >= 0.3 is 0 Å². The quantitative estimate of drug-likeness (QED) is 0.780. The second kappa shape index (κ2) is 3.67. The summed E-state index contributed by atoms with van der Waals surface area (Å²) in [5.74, 6) is 1.13. The van der Waals surface area contributed by atoms with Crippen molar-refractivity contribution < 1.29 is 9.26 Å². The largest absolute Gasteiger partial charge is 0.370 e. The molecule has 14 heavy (non-hydrogen) atoms. The third-order valence-corrected chi connectivity index (χ3v) is 2.85. The molecule has 0 saturated heterocycles. The van der Waals surface area contributed by atoms with Gasteiger partial charge in [-0.15, -0.1) is 0 Å². The molecule has 78 valence electrons. The van der Waals surface area contributed by atoms with E-state index in [0.29, 0.717) is 11.7 Å². The molecule has 1 saturated carbocycles. The van der Waals surface area contributed by atoms with Crippen LogP contribution in [-0.4, -0.2) is 17.3 Å². The van der Waals surface area contributed by atoms with E-state index in [9.17, 15) is 0 Å². The third-order valence-electron chi connectivity index (χ3n) is 2.85. The normalized spacial score (nSPS) is 20.1. The van der Waals surface area contributed by atoms with Gasteiger partial charge in [0.2, 0.25) is 11.7 Å². The fourth-order valence-corrected chi connectivity index (χ4v) is 1.99. The second-order valence-electron chi connectivity index (χ2n) is 3.62. The standard InChI is InChI=1S/C9H15N3O2/c1-13-9(4-2-3-5-9)8-11-7(6-10)14-12-8/h2-6,10H2,1H3. The van der Waals surface area contributed by atoms with Crippen molar-refractivity contribution in [3.8, 4) is 0 Å². The van der Waals surface area contributed by atoms with Crippen molar-refractivity contribution in [2.75, 3.05) is 7.11 Å². The van der Waals surface area contributed by atoms with Crippen LogP contribution in [0.25, 0.3) is 0 Å². The number of rotatable bonds is 3. The minimum atomic E-state index is -0.322. The maximum atomic E-state index is 5.52. The first-order valence-corrected chi connectivity index (χ1v) is 4.89. The molecule has 5 nitrogen and oxygen atoms in total. The number of nitrogens with zero attached hydrogens (tertiary/aromatic N) is 2. The number of ether oxygens (including phenoxy) is 1. The Labute approximate surface area is 82.6 Å². The van der Waals surface area contributed by atoms with Gasteiger partial charge in [-0.25, -0.2) is 0 Å². The van der Waals surface area contributed by atoms with Gasteiger partial charge in [0.05, 0.1) is 6.54 Å². The van der Waals surface area contributed by atoms with Gasteiger partial charge in [0, 0.05) is 7.11 Å². The first kappa shape index (κ1) is 9.61. The Balaban J connectivity index is 2.26. The Morgan fingerprint density at radius 3 is 2.71 bits per heavy atom. The first-order valence-electron chi connectivity index (χ1n) is 4.89. The number of hydrogen-bond acceptors (Lipinski definition) is 5. The molecule has 5 heteroatoms. The molecule has 1 aliphatic carbocycles. The molecule has 1 aliphatic rings. The fourth-order valence-electron chi connectivity index (χ4n) is 1.99. The lowest BCUT2D eigenvalue weighted by atomic mass is 10.0. The Morgan fingerprint density at radius 2 is 2.21 bits per heavy atom. The average Bonchev–Trinajstić information content (AvgIpc) is 2.87. The fraction of sp³-hybridized carbons (Fsp3) is 0.778. The van der Waals surface area contributed by atoms with Crippen LogP contribution < -0.4 is 5.73 Å². The summed E-state index contributed by atoms with van der Waals surface area (Å²) >= 11 is 0. The van der Waals surface area contributed by atoms with Gasteiger partial charge in [0.25, 0.3) is 0 Å². The number of aromatic nitrogens is 2. The number of methoxy groups -OCH3 is 1. The van der Waals surface area contributed by atoms with E-state index in [1.807, 2.05) is 0 Å². The third kappa shape index (κ3) is 1.42. The van der Waals surface area contributed by atoms with Gasteiger partial charge in [-0.2, -0.15) is 4.98 Å². The molecule has 0 spiro atoms. The van der Waals surface area contributed by atoms with Crippen LogP contribution in [0, 0.1) is 0 Å². The summed E-state index contributed by atoms with van der Waals surface area (Å²) in [4.78, 5) is 4.23. The van der Waals surface area contributed by atoms with E-state index in [-0.39, 0.29) is 12.1 Å². The zero-order valence-corrected chi connectivity index (χ0v) is 8.32. The van der Waals surface area contributed by atoms with Crippen LogP contribution in [0.5, 0.6) is 0 Å². The lowest BCUT2D eigenvalue weighted by Gasteiger charge is -2.22.